The summed E-state index contributed by atoms with van der Waals surface area (Å²) in [6.07, 6.45) is 4.73. The number of nitrogens with one attached hydrogen (secondary N) is 1. The molecule has 0 rings (SSSR count). The van der Waals surface area contributed by atoms with Crippen LogP contribution in [0.1, 0.15) is 59.3 Å². The maximum atomic E-state index is 11.4. The second-order valence-electron chi connectivity index (χ2n) is 6.50. The molecule has 0 aliphatic heterocycles. The number of carbonyl (C=O) groups is 1. The predicted molar refractivity (Wildman–Crippen MR) is 89.6 cm³/mol. The minimum Gasteiger partial charge on any atom is -0.444 e. The van der Waals surface area contributed by atoms with Crippen LogP contribution in [-0.4, -0.2) is 42.8 Å². The van der Waals surface area contributed by atoms with Crippen molar-refractivity contribution in [1.29, 1.82) is 10.5 Å². The van der Waals surface area contributed by atoms with Crippen molar-refractivity contribution in [3.8, 4) is 12.1 Å². The number of unbranched alkanes of at least 4 members (excludes halogenated alkanes) is 3. The van der Waals surface area contributed by atoms with Crippen LogP contribution in [0, 0.1) is 22.7 Å². The first-order valence-electron chi connectivity index (χ1n) is 8.32. The summed E-state index contributed by atoms with van der Waals surface area (Å²) in [7, 11) is 0. The molecule has 0 bridgehead atoms. The van der Waals surface area contributed by atoms with Crippen LogP contribution in [0.25, 0.3) is 0 Å². The van der Waals surface area contributed by atoms with Crippen LogP contribution in [0.3, 0.4) is 0 Å². The first-order chi connectivity index (χ1) is 10.9. The zero-order chi connectivity index (χ0) is 17.6. The highest BCUT2D eigenvalue weighted by atomic mass is 16.6. The summed E-state index contributed by atoms with van der Waals surface area (Å²) in [6.45, 7) is 8.55. The predicted octanol–water partition coefficient (Wildman–Crippen LogP) is 3.20. The summed E-state index contributed by atoms with van der Waals surface area (Å²) in [4.78, 5) is 13.6. The molecule has 0 atom stereocenters. The number of amides is 1. The minimum absolute atomic E-state index is 0.364. The lowest BCUT2D eigenvalue weighted by Gasteiger charge is -2.20. The molecular weight excluding hydrogens is 292 g/mol. The van der Waals surface area contributed by atoms with E-state index in [4.69, 9.17) is 15.3 Å². The van der Waals surface area contributed by atoms with Gasteiger partial charge < -0.3 is 15.0 Å². The van der Waals surface area contributed by atoms with E-state index in [-0.39, 0.29) is 6.09 Å². The number of nitrogens with zero attached hydrogens (tertiary/aromatic N) is 3. The first-order valence-corrected chi connectivity index (χ1v) is 8.32. The van der Waals surface area contributed by atoms with E-state index in [2.05, 4.69) is 22.4 Å². The summed E-state index contributed by atoms with van der Waals surface area (Å²) in [5.74, 6) is 0. The van der Waals surface area contributed by atoms with Crippen LogP contribution in [0.4, 0.5) is 4.79 Å². The van der Waals surface area contributed by atoms with Gasteiger partial charge in [-0.05, 0) is 40.2 Å². The van der Waals surface area contributed by atoms with Crippen molar-refractivity contribution in [3.05, 3.63) is 0 Å². The van der Waals surface area contributed by atoms with E-state index in [9.17, 15) is 4.79 Å². The maximum Gasteiger partial charge on any atom is 0.407 e. The van der Waals surface area contributed by atoms with Crippen molar-refractivity contribution in [2.24, 2.45) is 0 Å². The molecular formula is C17H30N4O2. The van der Waals surface area contributed by atoms with Crippen LogP contribution in [0.15, 0.2) is 0 Å². The zero-order valence-electron chi connectivity index (χ0n) is 14.7. The molecule has 6 heteroatoms. The fraction of sp³-hybridized carbons (Fsp3) is 0.824. The van der Waals surface area contributed by atoms with Gasteiger partial charge in [0.25, 0.3) is 0 Å². The van der Waals surface area contributed by atoms with Crippen LogP contribution >= 0.6 is 0 Å². The Kier molecular flexibility index (Phi) is 11.7. The third-order valence-corrected chi connectivity index (χ3v) is 3.15. The normalized spacial score (nSPS) is 10.9. The largest absolute Gasteiger partial charge is 0.444 e. The molecule has 0 unspecified atom stereocenters. The smallest absolute Gasteiger partial charge is 0.407 e. The van der Waals surface area contributed by atoms with Gasteiger partial charge in [-0.2, -0.15) is 10.5 Å². The van der Waals surface area contributed by atoms with Gasteiger partial charge in [0.1, 0.15) is 5.60 Å². The molecule has 0 aromatic rings. The lowest BCUT2D eigenvalue weighted by Crippen LogP contribution is -2.33. The van der Waals surface area contributed by atoms with E-state index >= 15 is 0 Å². The number of hydrogen-bond donors (Lipinski definition) is 1. The van der Waals surface area contributed by atoms with Crippen molar-refractivity contribution in [3.63, 3.8) is 0 Å². The molecule has 1 amide bonds. The Hall–Kier alpha value is -1.79. The van der Waals surface area contributed by atoms with Crippen LogP contribution in [0.5, 0.6) is 0 Å². The van der Waals surface area contributed by atoms with Crippen molar-refractivity contribution in [2.75, 3.05) is 26.2 Å². The van der Waals surface area contributed by atoms with E-state index in [1.165, 1.54) is 0 Å². The summed E-state index contributed by atoms with van der Waals surface area (Å²) in [6, 6.07) is 4.29. The Morgan fingerprint density at radius 3 is 2.09 bits per heavy atom. The van der Waals surface area contributed by atoms with Crippen LogP contribution in [-0.2, 0) is 4.74 Å². The fourth-order valence-electron chi connectivity index (χ4n) is 2.07. The average molecular weight is 322 g/mol. The van der Waals surface area contributed by atoms with Gasteiger partial charge >= 0.3 is 6.09 Å². The Morgan fingerprint density at radius 2 is 1.57 bits per heavy atom. The van der Waals surface area contributed by atoms with E-state index in [1.807, 2.05) is 20.8 Å². The van der Waals surface area contributed by atoms with Gasteiger partial charge in [-0.3, -0.25) is 0 Å². The number of ether oxygens (including phenoxy) is 1. The quantitative estimate of drug-likeness (QED) is 0.590. The van der Waals surface area contributed by atoms with Gasteiger partial charge in [-0.15, -0.1) is 0 Å². The minimum atomic E-state index is -0.458. The lowest BCUT2D eigenvalue weighted by atomic mass is 10.2. The Balaban J connectivity index is 3.64. The third-order valence-electron chi connectivity index (χ3n) is 3.15. The number of nitriles is 2. The van der Waals surface area contributed by atoms with E-state index < -0.39 is 5.60 Å². The van der Waals surface area contributed by atoms with Crippen LogP contribution in [0.2, 0.25) is 0 Å². The topological polar surface area (TPSA) is 89.2 Å². The van der Waals surface area contributed by atoms with Gasteiger partial charge in [0, 0.05) is 32.5 Å². The Bertz CT molecular complexity index is 386. The van der Waals surface area contributed by atoms with Gasteiger partial charge in [-0.25, -0.2) is 4.79 Å². The molecule has 0 radical (unpaired) electrons. The number of carbonyl (C=O) groups excluding carboxylic acids is 1. The summed E-state index contributed by atoms with van der Waals surface area (Å²) < 4.78 is 5.16. The van der Waals surface area contributed by atoms with E-state index in [0.717, 1.165) is 45.3 Å². The molecule has 0 aliphatic rings. The van der Waals surface area contributed by atoms with Gasteiger partial charge in [0.2, 0.25) is 0 Å². The highest BCUT2D eigenvalue weighted by Gasteiger charge is 2.15. The second-order valence-corrected chi connectivity index (χ2v) is 6.50. The molecule has 23 heavy (non-hydrogen) atoms. The summed E-state index contributed by atoms with van der Waals surface area (Å²) in [5.41, 5.74) is -0.458. The monoisotopic (exact) mass is 322 g/mol. The molecule has 0 spiro atoms. The first kappa shape index (κ1) is 21.2. The molecule has 130 valence electrons. The number of hydrogen-bond acceptors (Lipinski definition) is 5. The van der Waals surface area contributed by atoms with Gasteiger partial charge in [0.15, 0.2) is 0 Å². The molecule has 0 aromatic heterocycles. The van der Waals surface area contributed by atoms with Crippen molar-refractivity contribution in [2.45, 2.75) is 64.9 Å². The summed E-state index contributed by atoms with van der Waals surface area (Å²) >= 11 is 0. The molecule has 0 aromatic carbocycles. The van der Waals surface area contributed by atoms with Crippen LogP contribution < -0.4 is 5.32 Å². The average Bonchev–Trinajstić information content (AvgIpc) is 2.46. The number of rotatable bonds is 11. The number of alkyl carbamates (subject to hydrolysis) is 1. The Labute approximate surface area is 140 Å². The molecule has 0 saturated heterocycles. The summed E-state index contributed by atoms with van der Waals surface area (Å²) in [5, 5.41) is 20.0. The van der Waals surface area contributed by atoms with E-state index in [1.54, 1.807) is 0 Å². The highest BCUT2D eigenvalue weighted by molar-refractivity contribution is 5.67. The Morgan fingerprint density at radius 1 is 1.00 bits per heavy atom. The fourth-order valence-corrected chi connectivity index (χ4v) is 2.07. The van der Waals surface area contributed by atoms with Crippen molar-refractivity contribution in [1.82, 2.24) is 10.2 Å². The molecule has 0 fully saturated rings. The molecule has 1 N–H and O–H groups in total. The molecule has 6 nitrogen and oxygen atoms in total. The van der Waals surface area contributed by atoms with Gasteiger partial charge in [0.05, 0.1) is 12.1 Å². The molecule has 0 aliphatic carbocycles. The maximum absolute atomic E-state index is 11.4. The van der Waals surface area contributed by atoms with E-state index in [0.29, 0.717) is 19.4 Å². The zero-order valence-corrected chi connectivity index (χ0v) is 14.7. The molecule has 0 saturated carbocycles. The SMILES string of the molecule is CC(C)(C)OC(=O)NCCCCCCN(CCC#N)CCC#N. The molecule has 0 heterocycles. The standard InChI is InChI=1S/C17H30N4O2/c1-17(2,3)23-16(22)20-12-6-4-5-7-13-21(14-8-10-18)15-9-11-19/h4-9,12-15H2,1-3H3,(H,20,22). The lowest BCUT2D eigenvalue weighted by molar-refractivity contribution is 0.0527. The third kappa shape index (κ3) is 14.9. The second kappa shape index (κ2) is 12.7. The highest BCUT2D eigenvalue weighted by Crippen LogP contribution is 2.07. The van der Waals surface area contributed by atoms with Crippen molar-refractivity contribution < 1.29 is 9.53 Å². The van der Waals surface area contributed by atoms with Crippen molar-refractivity contribution >= 4 is 6.09 Å². The van der Waals surface area contributed by atoms with Gasteiger partial charge in [-0.1, -0.05) is 12.8 Å².